The molecule has 1 aromatic heterocycles. The zero-order chi connectivity index (χ0) is 14.0. The van der Waals surface area contributed by atoms with Crippen molar-refractivity contribution < 1.29 is 14.3 Å². The van der Waals surface area contributed by atoms with Crippen LogP contribution in [0, 0.1) is 12.3 Å². The molecule has 0 spiro atoms. The highest BCUT2D eigenvalue weighted by Crippen LogP contribution is 2.40. The minimum absolute atomic E-state index is 0.260. The van der Waals surface area contributed by atoms with Gasteiger partial charge in [0.25, 0.3) is 0 Å². The van der Waals surface area contributed by atoms with Crippen LogP contribution in [0.5, 0.6) is 5.88 Å². The molecule has 1 saturated carbocycles. The summed E-state index contributed by atoms with van der Waals surface area (Å²) in [6.45, 7) is 5.84. The first kappa shape index (κ1) is 13.8. The van der Waals surface area contributed by atoms with Gasteiger partial charge in [-0.05, 0) is 51.2 Å². The summed E-state index contributed by atoms with van der Waals surface area (Å²) in [4.78, 5) is 15.9. The molecule has 0 bridgehead atoms. The molecule has 0 aromatic carbocycles. The summed E-state index contributed by atoms with van der Waals surface area (Å²) in [6.07, 6.45) is 4.40. The maximum absolute atomic E-state index is 11.6. The largest absolute Gasteiger partial charge is 0.476 e. The summed E-state index contributed by atoms with van der Waals surface area (Å²) in [5.41, 5.74) is 1.64. The summed E-state index contributed by atoms with van der Waals surface area (Å²) < 4.78 is 10.4. The topological polar surface area (TPSA) is 48.4 Å². The number of aryl methyl sites for hydroxylation is 1. The van der Waals surface area contributed by atoms with Crippen molar-refractivity contribution in [2.75, 3.05) is 13.7 Å². The van der Waals surface area contributed by atoms with Gasteiger partial charge in [-0.3, -0.25) is 4.79 Å². The molecule has 1 aliphatic rings. The van der Waals surface area contributed by atoms with Gasteiger partial charge >= 0.3 is 5.97 Å². The van der Waals surface area contributed by atoms with Crippen molar-refractivity contribution in [3.8, 4) is 5.88 Å². The molecular formula is C15H21NO3. The van der Waals surface area contributed by atoms with Crippen molar-refractivity contribution in [2.45, 2.75) is 39.5 Å². The molecule has 0 saturated heterocycles. The van der Waals surface area contributed by atoms with Crippen LogP contribution in [0.15, 0.2) is 12.3 Å². The fraction of sp³-hybridized carbons (Fsp3) is 0.600. The Kier molecular flexibility index (Phi) is 3.78. The first-order valence-electron chi connectivity index (χ1n) is 6.62. The first-order valence-corrected chi connectivity index (χ1v) is 6.62. The Morgan fingerprint density at radius 3 is 2.68 bits per heavy atom. The Morgan fingerprint density at radius 2 is 2.16 bits per heavy atom. The van der Waals surface area contributed by atoms with E-state index in [1.165, 1.54) is 25.5 Å². The average Bonchev–Trinajstić information content (AvgIpc) is 3.20. The maximum Gasteiger partial charge on any atom is 0.314 e. The second-order valence-electron chi connectivity index (χ2n) is 5.83. The number of hydrogen-bond acceptors (Lipinski definition) is 4. The third-order valence-corrected chi connectivity index (χ3v) is 3.41. The van der Waals surface area contributed by atoms with E-state index >= 15 is 0 Å². The minimum atomic E-state index is -0.669. The van der Waals surface area contributed by atoms with Crippen molar-refractivity contribution in [1.82, 2.24) is 4.98 Å². The highest BCUT2D eigenvalue weighted by atomic mass is 16.5. The van der Waals surface area contributed by atoms with Crippen LogP contribution in [-0.4, -0.2) is 24.7 Å². The number of hydrogen-bond donors (Lipinski definition) is 0. The Morgan fingerprint density at radius 1 is 1.47 bits per heavy atom. The molecule has 2 rings (SSSR count). The van der Waals surface area contributed by atoms with Crippen molar-refractivity contribution in [2.24, 2.45) is 5.41 Å². The molecule has 0 unspecified atom stereocenters. The van der Waals surface area contributed by atoms with Gasteiger partial charge in [0.15, 0.2) is 0 Å². The van der Waals surface area contributed by atoms with Gasteiger partial charge in [0.05, 0.1) is 12.5 Å². The number of aromatic nitrogens is 1. The Labute approximate surface area is 114 Å². The number of esters is 1. The summed E-state index contributed by atoms with van der Waals surface area (Å²) in [6, 6.07) is 2.13. The smallest absolute Gasteiger partial charge is 0.314 e. The van der Waals surface area contributed by atoms with Crippen molar-refractivity contribution in [3.63, 3.8) is 0 Å². The molecular weight excluding hydrogens is 242 g/mol. The monoisotopic (exact) mass is 263 g/mol. The summed E-state index contributed by atoms with van der Waals surface area (Å²) in [5, 5.41) is 0. The van der Waals surface area contributed by atoms with Gasteiger partial charge in [-0.25, -0.2) is 4.98 Å². The Balaban J connectivity index is 2.01. The lowest BCUT2D eigenvalue weighted by Gasteiger charge is -2.21. The van der Waals surface area contributed by atoms with E-state index in [4.69, 9.17) is 9.47 Å². The molecule has 0 N–H and O–H groups in total. The van der Waals surface area contributed by atoms with E-state index in [-0.39, 0.29) is 12.6 Å². The number of carbonyl (C=O) groups is 1. The summed E-state index contributed by atoms with van der Waals surface area (Å²) in [7, 11) is 1.39. The van der Waals surface area contributed by atoms with Gasteiger partial charge in [0.1, 0.15) is 6.61 Å². The Bertz CT molecular complexity index is 478. The van der Waals surface area contributed by atoms with Gasteiger partial charge in [-0.2, -0.15) is 0 Å². The lowest BCUT2D eigenvalue weighted by atomic mass is 9.95. The molecule has 1 fully saturated rings. The van der Waals surface area contributed by atoms with E-state index < -0.39 is 5.41 Å². The molecule has 4 heteroatoms. The van der Waals surface area contributed by atoms with Crippen LogP contribution in [0.2, 0.25) is 0 Å². The van der Waals surface area contributed by atoms with E-state index in [1.807, 2.05) is 13.1 Å². The normalized spacial score (nSPS) is 15.2. The minimum Gasteiger partial charge on any atom is -0.476 e. The van der Waals surface area contributed by atoms with Crippen LogP contribution >= 0.6 is 0 Å². The second kappa shape index (κ2) is 5.19. The highest BCUT2D eigenvalue weighted by molar-refractivity contribution is 5.75. The fourth-order valence-electron chi connectivity index (χ4n) is 1.96. The molecule has 1 heterocycles. The zero-order valence-corrected chi connectivity index (χ0v) is 12.0. The highest BCUT2D eigenvalue weighted by Gasteiger charge is 2.30. The molecule has 1 aromatic rings. The summed E-state index contributed by atoms with van der Waals surface area (Å²) in [5.74, 6) is 1.01. The van der Waals surface area contributed by atoms with Gasteiger partial charge < -0.3 is 9.47 Å². The van der Waals surface area contributed by atoms with Crippen LogP contribution in [0.25, 0.3) is 0 Å². The molecule has 0 radical (unpaired) electrons. The molecule has 0 amide bonds. The molecule has 1 aliphatic carbocycles. The van der Waals surface area contributed by atoms with Crippen molar-refractivity contribution in [3.05, 3.63) is 23.4 Å². The predicted molar refractivity (Wildman–Crippen MR) is 72.2 cm³/mol. The fourth-order valence-corrected chi connectivity index (χ4v) is 1.96. The zero-order valence-electron chi connectivity index (χ0n) is 12.0. The van der Waals surface area contributed by atoms with E-state index in [0.717, 1.165) is 5.56 Å². The molecule has 0 atom stereocenters. The van der Waals surface area contributed by atoms with Crippen LogP contribution in [-0.2, 0) is 9.53 Å². The van der Waals surface area contributed by atoms with Crippen LogP contribution in [0.1, 0.15) is 43.7 Å². The van der Waals surface area contributed by atoms with Crippen LogP contribution < -0.4 is 4.74 Å². The SMILES string of the molecule is COC(=O)C(C)(C)COc1ncc(C2CC2)cc1C. The number of rotatable bonds is 5. The van der Waals surface area contributed by atoms with E-state index in [9.17, 15) is 4.79 Å². The van der Waals surface area contributed by atoms with E-state index in [2.05, 4.69) is 11.1 Å². The van der Waals surface area contributed by atoms with Crippen molar-refractivity contribution in [1.29, 1.82) is 0 Å². The lowest BCUT2D eigenvalue weighted by Crippen LogP contribution is -2.32. The quantitative estimate of drug-likeness (QED) is 0.766. The van der Waals surface area contributed by atoms with Gasteiger partial charge in [0, 0.05) is 11.8 Å². The van der Waals surface area contributed by atoms with Gasteiger partial charge in [0.2, 0.25) is 5.88 Å². The summed E-state index contributed by atoms with van der Waals surface area (Å²) >= 11 is 0. The lowest BCUT2D eigenvalue weighted by molar-refractivity contribution is -0.152. The average molecular weight is 263 g/mol. The number of nitrogens with zero attached hydrogens (tertiary/aromatic N) is 1. The molecule has 4 nitrogen and oxygen atoms in total. The molecule has 104 valence electrons. The third kappa shape index (κ3) is 3.25. The molecule has 19 heavy (non-hydrogen) atoms. The molecule has 0 aliphatic heterocycles. The van der Waals surface area contributed by atoms with E-state index in [0.29, 0.717) is 11.8 Å². The predicted octanol–water partition coefficient (Wildman–Crippen LogP) is 2.85. The van der Waals surface area contributed by atoms with Crippen LogP contribution in [0.4, 0.5) is 0 Å². The van der Waals surface area contributed by atoms with Crippen molar-refractivity contribution >= 4 is 5.97 Å². The van der Waals surface area contributed by atoms with Crippen LogP contribution in [0.3, 0.4) is 0 Å². The number of methoxy groups -OCH3 is 1. The first-order chi connectivity index (χ1) is 8.94. The number of pyridine rings is 1. The maximum atomic E-state index is 11.6. The number of ether oxygens (including phenoxy) is 2. The van der Waals surface area contributed by atoms with E-state index in [1.54, 1.807) is 13.8 Å². The third-order valence-electron chi connectivity index (χ3n) is 3.41. The van der Waals surface area contributed by atoms with Gasteiger partial charge in [-0.1, -0.05) is 0 Å². The Hall–Kier alpha value is -1.58. The number of carbonyl (C=O) groups excluding carboxylic acids is 1. The van der Waals surface area contributed by atoms with Gasteiger partial charge in [-0.15, -0.1) is 0 Å². The standard InChI is InChI=1S/C15H21NO3/c1-10-7-12(11-5-6-11)8-16-13(10)19-9-15(2,3)14(17)18-4/h7-8,11H,5-6,9H2,1-4H3. The second-order valence-corrected chi connectivity index (χ2v) is 5.83.